The number of carbonyl (C=O) groups excluding carboxylic acids is 2. The van der Waals surface area contributed by atoms with Crippen LogP contribution in [-0.2, 0) is 9.59 Å². The minimum atomic E-state index is -0.850. The molecule has 0 aliphatic carbocycles. The molecule has 1 unspecified atom stereocenters. The van der Waals surface area contributed by atoms with Gasteiger partial charge in [-0.15, -0.1) is 0 Å². The molecule has 5 rings (SSSR count). The molecule has 1 aliphatic rings. The van der Waals surface area contributed by atoms with Gasteiger partial charge >= 0.3 is 5.91 Å². The number of nitrogens with zero attached hydrogens (tertiary/aromatic N) is 2. The van der Waals surface area contributed by atoms with Gasteiger partial charge in [0.1, 0.15) is 11.5 Å². The van der Waals surface area contributed by atoms with Crippen molar-refractivity contribution in [1.82, 2.24) is 9.97 Å². The Hall–Kier alpha value is -4.39. The van der Waals surface area contributed by atoms with Crippen LogP contribution in [0, 0.1) is 6.92 Å². The number of aryl methyl sites for hydroxylation is 1. The second kappa shape index (κ2) is 7.94. The third-order valence-corrected chi connectivity index (χ3v) is 5.75. The van der Waals surface area contributed by atoms with Gasteiger partial charge in [-0.1, -0.05) is 54.1 Å². The highest BCUT2D eigenvalue weighted by Crippen LogP contribution is 2.42. The first-order valence-corrected chi connectivity index (χ1v) is 10.4. The number of hydrogen-bond donors (Lipinski definition) is 2. The predicted octanol–water partition coefficient (Wildman–Crippen LogP) is 4.51. The number of aromatic amines is 1. The largest absolute Gasteiger partial charge is 0.507 e. The van der Waals surface area contributed by atoms with Gasteiger partial charge in [0.15, 0.2) is 0 Å². The van der Waals surface area contributed by atoms with Crippen LogP contribution < -0.4 is 9.64 Å². The summed E-state index contributed by atoms with van der Waals surface area (Å²) in [6, 6.07) is 20.8. The lowest BCUT2D eigenvalue weighted by Crippen LogP contribution is -2.30. The number of fused-ring (bicyclic) bond motifs is 1. The van der Waals surface area contributed by atoms with Crippen LogP contribution in [0.25, 0.3) is 16.8 Å². The summed E-state index contributed by atoms with van der Waals surface area (Å²) in [4.78, 5) is 35.5. The number of benzene rings is 3. The van der Waals surface area contributed by atoms with Gasteiger partial charge in [0.25, 0.3) is 5.78 Å². The maximum Gasteiger partial charge on any atom is 0.302 e. The van der Waals surface area contributed by atoms with Crippen LogP contribution in [-0.4, -0.2) is 33.9 Å². The molecule has 1 atom stereocenters. The van der Waals surface area contributed by atoms with Gasteiger partial charge in [-0.3, -0.25) is 14.5 Å². The standard InChI is InChI=1S/C26H21N3O4/c1-15-7-5-8-16(13-15)22-21(23(30)17-9-6-10-18(14-17)33-2)24(31)25(32)29(22)26-27-19-11-3-4-12-20(19)28-26/h3-14,22,30H,1-2H3,(H,27,28)/b23-21+. The molecule has 1 aliphatic heterocycles. The molecule has 1 saturated heterocycles. The Morgan fingerprint density at radius 2 is 1.82 bits per heavy atom. The molecule has 1 fully saturated rings. The molecule has 1 amide bonds. The van der Waals surface area contributed by atoms with Crippen molar-refractivity contribution in [2.75, 3.05) is 12.0 Å². The first-order valence-electron chi connectivity index (χ1n) is 10.4. The summed E-state index contributed by atoms with van der Waals surface area (Å²) >= 11 is 0. The van der Waals surface area contributed by atoms with Crippen LogP contribution in [0.5, 0.6) is 5.75 Å². The van der Waals surface area contributed by atoms with E-state index in [-0.39, 0.29) is 17.3 Å². The van der Waals surface area contributed by atoms with Crippen LogP contribution >= 0.6 is 0 Å². The summed E-state index contributed by atoms with van der Waals surface area (Å²) < 4.78 is 5.26. The quantitative estimate of drug-likeness (QED) is 0.277. The fourth-order valence-corrected chi connectivity index (χ4v) is 4.19. The molecule has 7 heteroatoms. The molecule has 3 aromatic carbocycles. The zero-order chi connectivity index (χ0) is 23.1. The number of aliphatic hydroxyl groups is 1. The number of anilines is 1. The number of para-hydroxylation sites is 2. The van der Waals surface area contributed by atoms with Crippen molar-refractivity contribution < 1.29 is 19.4 Å². The number of carbonyl (C=O) groups is 2. The Balaban J connectivity index is 1.74. The third kappa shape index (κ3) is 3.43. The Labute approximate surface area is 190 Å². The molecule has 164 valence electrons. The maximum atomic E-state index is 13.3. The van der Waals surface area contributed by atoms with Gasteiger partial charge in [-0.2, -0.15) is 0 Å². The SMILES string of the molecule is COc1cccc(/C(O)=C2\C(=O)C(=O)N(c3nc4ccccc4[nH]3)C2c2cccc(C)c2)c1. The molecule has 0 bridgehead atoms. The van der Waals surface area contributed by atoms with Gasteiger partial charge in [0.05, 0.1) is 29.8 Å². The summed E-state index contributed by atoms with van der Waals surface area (Å²) in [6.07, 6.45) is 0. The van der Waals surface area contributed by atoms with Crippen molar-refractivity contribution in [3.63, 3.8) is 0 Å². The van der Waals surface area contributed by atoms with Gasteiger partial charge < -0.3 is 14.8 Å². The molecule has 0 spiro atoms. The zero-order valence-electron chi connectivity index (χ0n) is 18.1. The molecule has 1 aromatic heterocycles. The summed E-state index contributed by atoms with van der Waals surface area (Å²) in [7, 11) is 1.52. The smallest absolute Gasteiger partial charge is 0.302 e. The highest BCUT2D eigenvalue weighted by molar-refractivity contribution is 6.51. The number of methoxy groups -OCH3 is 1. The third-order valence-electron chi connectivity index (χ3n) is 5.75. The van der Waals surface area contributed by atoms with E-state index in [1.165, 1.54) is 12.0 Å². The molecular formula is C26H21N3O4. The van der Waals surface area contributed by atoms with Crippen LogP contribution in [0.3, 0.4) is 0 Å². The summed E-state index contributed by atoms with van der Waals surface area (Å²) in [5, 5.41) is 11.2. The zero-order valence-corrected chi connectivity index (χ0v) is 18.1. The van der Waals surface area contributed by atoms with E-state index in [0.717, 1.165) is 11.1 Å². The number of Topliss-reactive ketones (excluding diaryl/α,β-unsaturated/α-hetero) is 1. The van der Waals surface area contributed by atoms with Gasteiger partial charge in [-0.25, -0.2) is 4.98 Å². The van der Waals surface area contributed by atoms with Gasteiger partial charge in [0, 0.05) is 5.56 Å². The Morgan fingerprint density at radius 3 is 2.58 bits per heavy atom. The van der Waals surface area contributed by atoms with E-state index in [2.05, 4.69) is 9.97 Å². The number of ketones is 1. The topological polar surface area (TPSA) is 95.5 Å². The highest BCUT2D eigenvalue weighted by Gasteiger charge is 2.48. The molecule has 33 heavy (non-hydrogen) atoms. The number of nitrogens with one attached hydrogen (secondary N) is 1. The van der Waals surface area contributed by atoms with E-state index < -0.39 is 17.7 Å². The average molecular weight is 439 g/mol. The number of aliphatic hydroxyl groups excluding tert-OH is 1. The van der Waals surface area contributed by atoms with E-state index in [4.69, 9.17) is 4.74 Å². The molecule has 2 heterocycles. The number of hydrogen-bond acceptors (Lipinski definition) is 5. The molecule has 7 nitrogen and oxygen atoms in total. The fraction of sp³-hybridized carbons (Fsp3) is 0.115. The lowest BCUT2D eigenvalue weighted by atomic mass is 9.94. The second-order valence-corrected chi connectivity index (χ2v) is 7.89. The van der Waals surface area contributed by atoms with Crippen molar-refractivity contribution in [2.24, 2.45) is 0 Å². The van der Waals surface area contributed by atoms with Crippen molar-refractivity contribution in [3.05, 3.63) is 95.1 Å². The van der Waals surface area contributed by atoms with Crippen molar-refractivity contribution in [1.29, 1.82) is 0 Å². The van der Waals surface area contributed by atoms with Gasteiger partial charge in [-0.05, 0) is 36.8 Å². The summed E-state index contributed by atoms with van der Waals surface area (Å²) in [5.41, 5.74) is 3.45. The van der Waals surface area contributed by atoms with E-state index in [0.29, 0.717) is 22.4 Å². The first kappa shape index (κ1) is 20.5. The lowest BCUT2D eigenvalue weighted by Gasteiger charge is -2.23. The minimum absolute atomic E-state index is 0.000640. The molecule has 0 saturated carbocycles. The molecular weight excluding hydrogens is 418 g/mol. The normalized spacial score (nSPS) is 17.6. The van der Waals surface area contributed by atoms with Crippen LogP contribution in [0.1, 0.15) is 22.7 Å². The van der Waals surface area contributed by atoms with Crippen molar-refractivity contribution in [2.45, 2.75) is 13.0 Å². The van der Waals surface area contributed by atoms with E-state index >= 15 is 0 Å². The Kier molecular flexibility index (Phi) is 4.94. The minimum Gasteiger partial charge on any atom is -0.507 e. The maximum absolute atomic E-state index is 13.3. The van der Waals surface area contributed by atoms with E-state index in [9.17, 15) is 14.7 Å². The van der Waals surface area contributed by atoms with Crippen molar-refractivity contribution in [3.8, 4) is 5.75 Å². The summed E-state index contributed by atoms with van der Waals surface area (Å²) in [5.74, 6) is -1.03. The molecule has 2 N–H and O–H groups in total. The van der Waals surface area contributed by atoms with Crippen LogP contribution in [0.15, 0.2) is 78.4 Å². The summed E-state index contributed by atoms with van der Waals surface area (Å²) in [6.45, 7) is 1.93. The van der Waals surface area contributed by atoms with Gasteiger partial charge in [0.2, 0.25) is 5.95 Å². The van der Waals surface area contributed by atoms with Crippen molar-refractivity contribution >= 4 is 34.4 Å². The number of rotatable bonds is 4. The second-order valence-electron chi connectivity index (χ2n) is 7.89. The predicted molar refractivity (Wildman–Crippen MR) is 125 cm³/mol. The first-order chi connectivity index (χ1) is 16.0. The number of aromatic nitrogens is 2. The van der Waals surface area contributed by atoms with Crippen LogP contribution in [0.2, 0.25) is 0 Å². The lowest BCUT2D eigenvalue weighted by molar-refractivity contribution is -0.132. The molecule has 4 aromatic rings. The Morgan fingerprint density at radius 1 is 1.03 bits per heavy atom. The average Bonchev–Trinajstić information content (AvgIpc) is 3.37. The number of amides is 1. The molecule has 0 radical (unpaired) electrons. The number of H-pyrrole nitrogens is 1. The monoisotopic (exact) mass is 439 g/mol. The Bertz CT molecular complexity index is 1400. The van der Waals surface area contributed by atoms with E-state index in [1.807, 2.05) is 55.5 Å². The van der Waals surface area contributed by atoms with E-state index in [1.54, 1.807) is 24.3 Å². The fourth-order valence-electron chi connectivity index (χ4n) is 4.19. The highest BCUT2D eigenvalue weighted by atomic mass is 16.5. The number of imidazole rings is 1. The number of ether oxygens (including phenoxy) is 1. The van der Waals surface area contributed by atoms with Crippen LogP contribution in [0.4, 0.5) is 5.95 Å².